The quantitative estimate of drug-likeness (QED) is 0.924. The van der Waals surface area contributed by atoms with Gasteiger partial charge in [-0.1, -0.05) is 51.1 Å². The SMILES string of the molecule is CC(C)(C)C(=O)N1CCN(C(=O)CC(N)c2ccccc2)CC1. The molecule has 5 heteroatoms. The molecule has 1 heterocycles. The minimum atomic E-state index is -0.373. The van der Waals surface area contributed by atoms with Gasteiger partial charge in [0, 0.05) is 44.1 Å². The molecule has 1 aliphatic heterocycles. The predicted molar refractivity (Wildman–Crippen MR) is 90.6 cm³/mol. The van der Waals surface area contributed by atoms with Gasteiger partial charge in [0.1, 0.15) is 0 Å². The van der Waals surface area contributed by atoms with E-state index in [0.717, 1.165) is 5.56 Å². The van der Waals surface area contributed by atoms with Gasteiger partial charge >= 0.3 is 0 Å². The minimum Gasteiger partial charge on any atom is -0.339 e. The van der Waals surface area contributed by atoms with Crippen LogP contribution in [0, 0.1) is 5.41 Å². The van der Waals surface area contributed by atoms with E-state index >= 15 is 0 Å². The van der Waals surface area contributed by atoms with Crippen molar-refractivity contribution in [1.82, 2.24) is 9.80 Å². The average Bonchev–Trinajstić information content (AvgIpc) is 2.54. The maximum Gasteiger partial charge on any atom is 0.228 e. The highest BCUT2D eigenvalue weighted by atomic mass is 16.2. The molecular formula is C18H27N3O2. The van der Waals surface area contributed by atoms with Crippen molar-refractivity contribution in [3.05, 3.63) is 35.9 Å². The lowest BCUT2D eigenvalue weighted by Gasteiger charge is -2.38. The second-order valence-electron chi connectivity index (χ2n) is 7.14. The third kappa shape index (κ3) is 4.55. The molecule has 1 aromatic carbocycles. The molecule has 2 amide bonds. The summed E-state index contributed by atoms with van der Waals surface area (Å²) in [6.45, 7) is 8.14. The second kappa shape index (κ2) is 7.13. The second-order valence-corrected chi connectivity index (χ2v) is 7.14. The smallest absolute Gasteiger partial charge is 0.228 e. The molecular weight excluding hydrogens is 290 g/mol. The molecule has 23 heavy (non-hydrogen) atoms. The van der Waals surface area contributed by atoms with Crippen molar-refractivity contribution in [2.45, 2.75) is 33.2 Å². The van der Waals surface area contributed by atoms with E-state index in [4.69, 9.17) is 5.73 Å². The Balaban J connectivity index is 1.85. The van der Waals surface area contributed by atoms with Gasteiger partial charge in [-0.3, -0.25) is 9.59 Å². The van der Waals surface area contributed by atoms with E-state index in [9.17, 15) is 9.59 Å². The van der Waals surface area contributed by atoms with E-state index in [-0.39, 0.29) is 23.3 Å². The highest BCUT2D eigenvalue weighted by molar-refractivity contribution is 5.82. The number of hydrogen-bond donors (Lipinski definition) is 1. The molecule has 1 fully saturated rings. The Morgan fingerprint density at radius 3 is 2.09 bits per heavy atom. The number of carbonyl (C=O) groups excluding carboxylic acids is 2. The van der Waals surface area contributed by atoms with Crippen LogP contribution in [-0.4, -0.2) is 47.8 Å². The van der Waals surface area contributed by atoms with E-state index in [1.165, 1.54) is 0 Å². The van der Waals surface area contributed by atoms with Crippen molar-refractivity contribution in [3.8, 4) is 0 Å². The molecule has 0 bridgehead atoms. The van der Waals surface area contributed by atoms with Crippen LogP contribution in [0.4, 0.5) is 0 Å². The van der Waals surface area contributed by atoms with E-state index in [1.54, 1.807) is 0 Å². The zero-order valence-corrected chi connectivity index (χ0v) is 14.3. The van der Waals surface area contributed by atoms with Crippen LogP contribution in [-0.2, 0) is 9.59 Å². The van der Waals surface area contributed by atoms with E-state index in [0.29, 0.717) is 32.6 Å². The van der Waals surface area contributed by atoms with Gasteiger partial charge in [-0.25, -0.2) is 0 Å². The lowest BCUT2D eigenvalue weighted by atomic mass is 9.94. The molecule has 1 aromatic rings. The van der Waals surface area contributed by atoms with Crippen molar-refractivity contribution in [2.24, 2.45) is 11.1 Å². The fraction of sp³-hybridized carbons (Fsp3) is 0.556. The number of amides is 2. The highest BCUT2D eigenvalue weighted by Gasteiger charge is 2.31. The Morgan fingerprint density at radius 2 is 1.57 bits per heavy atom. The average molecular weight is 317 g/mol. The number of carbonyl (C=O) groups is 2. The van der Waals surface area contributed by atoms with Gasteiger partial charge < -0.3 is 15.5 Å². The lowest BCUT2D eigenvalue weighted by molar-refractivity contribution is -0.145. The summed E-state index contributed by atoms with van der Waals surface area (Å²) in [6.07, 6.45) is 0.303. The van der Waals surface area contributed by atoms with Gasteiger partial charge in [0.05, 0.1) is 0 Å². The fourth-order valence-corrected chi connectivity index (χ4v) is 2.77. The molecule has 126 valence electrons. The normalized spacial score (nSPS) is 17.0. The number of piperazine rings is 1. The zero-order chi connectivity index (χ0) is 17.0. The maximum absolute atomic E-state index is 12.4. The molecule has 0 aliphatic carbocycles. The van der Waals surface area contributed by atoms with E-state index < -0.39 is 0 Å². The Bertz CT molecular complexity index is 543. The molecule has 1 atom stereocenters. The van der Waals surface area contributed by atoms with Gasteiger partial charge in [0.15, 0.2) is 0 Å². The predicted octanol–water partition coefficient (Wildman–Crippen LogP) is 1.79. The molecule has 2 rings (SSSR count). The first-order valence-corrected chi connectivity index (χ1v) is 8.16. The third-order valence-electron chi connectivity index (χ3n) is 4.18. The molecule has 1 saturated heterocycles. The van der Waals surface area contributed by atoms with Crippen molar-refractivity contribution < 1.29 is 9.59 Å². The minimum absolute atomic E-state index is 0.0595. The number of rotatable bonds is 3. The Kier molecular flexibility index (Phi) is 5.42. The highest BCUT2D eigenvalue weighted by Crippen LogP contribution is 2.20. The monoisotopic (exact) mass is 317 g/mol. The summed E-state index contributed by atoms with van der Waals surface area (Å²) in [5.41, 5.74) is 6.72. The van der Waals surface area contributed by atoms with Gasteiger partial charge in [0.25, 0.3) is 0 Å². The van der Waals surface area contributed by atoms with Crippen molar-refractivity contribution in [1.29, 1.82) is 0 Å². The van der Waals surface area contributed by atoms with Crippen LogP contribution in [0.5, 0.6) is 0 Å². The first kappa shape index (κ1) is 17.5. The topological polar surface area (TPSA) is 66.6 Å². The molecule has 1 unspecified atom stereocenters. The summed E-state index contributed by atoms with van der Waals surface area (Å²) in [4.78, 5) is 28.3. The molecule has 0 saturated carbocycles. The molecule has 1 aliphatic rings. The number of hydrogen-bond acceptors (Lipinski definition) is 3. The molecule has 2 N–H and O–H groups in total. The van der Waals surface area contributed by atoms with Gasteiger partial charge in [0.2, 0.25) is 11.8 Å². The lowest BCUT2D eigenvalue weighted by Crippen LogP contribution is -2.53. The fourth-order valence-electron chi connectivity index (χ4n) is 2.77. The van der Waals surface area contributed by atoms with Crippen molar-refractivity contribution in [3.63, 3.8) is 0 Å². The Morgan fingerprint density at radius 1 is 1.04 bits per heavy atom. The molecule has 0 radical (unpaired) electrons. The van der Waals surface area contributed by atoms with Crippen LogP contribution in [0.15, 0.2) is 30.3 Å². The zero-order valence-electron chi connectivity index (χ0n) is 14.3. The number of benzene rings is 1. The van der Waals surface area contributed by atoms with Gasteiger partial charge in [-0.05, 0) is 5.56 Å². The van der Waals surface area contributed by atoms with Gasteiger partial charge in [-0.15, -0.1) is 0 Å². The standard InChI is InChI=1S/C18H27N3O2/c1-18(2,3)17(23)21-11-9-20(10-12-21)16(22)13-15(19)14-7-5-4-6-8-14/h4-8,15H,9-13,19H2,1-3H3. The first-order chi connectivity index (χ1) is 10.8. The number of nitrogens with zero attached hydrogens (tertiary/aromatic N) is 2. The van der Waals surface area contributed by atoms with Gasteiger partial charge in [-0.2, -0.15) is 0 Å². The summed E-state index contributed by atoms with van der Waals surface area (Å²) < 4.78 is 0. The summed E-state index contributed by atoms with van der Waals surface area (Å²) >= 11 is 0. The van der Waals surface area contributed by atoms with E-state index in [2.05, 4.69) is 0 Å². The summed E-state index contributed by atoms with van der Waals surface area (Å²) in [5.74, 6) is 0.204. The molecule has 0 aromatic heterocycles. The van der Waals surface area contributed by atoms with Crippen LogP contribution in [0.25, 0.3) is 0 Å². The van der Waals surface area contributed by atoms with Crippen LogP contribution in [0.1, 0.15) is 38.8 Å². The summed E-state index contributed by atoms with van der Waals surface area (Å²) in [7, 11) is 0. The molecule has 5 nitrogen and oxygen atoms in total. The summed E-state index contributed by atoms with van der Waals surface area (Å²) in [6, 6.07) is 9.39. The Hall–Kier alpha value is -1.88. The summed E-state index contributed by atoms with van der Waals surface area (Å²) in [5, 5.41) is 0. The van der Waals surface area contributed by atoms with Crippen LogP contribution >= 0.6 is 0 Å². The number of nitrogens with two attached hydrogens (primary N) is 1. The first-order valence-electron chi connectivity index (χ1n) is 8.16. The maximum atomic E-state index is 12.4. The molecule has 0 spiro atoms. The third-order valence-corrected chi connectivity index (χ3v) is 4.18. The van der Waals surface area contributed by atoms with E-state index in [1.807, 2.05) is 60.9 Å². The Labute approximate surface area is 138 Å². The van der Waals surface area contributed by atoms with Crippen LogP contribution < -0.4 is 5.73 Å². The van der Waals surface area contributed by atoms with Crippen molar-refractivity contribution >= 4 is 11.8 Å². The van der Waals surface area contributed by atoms with Crippen LogP contribution in [0.2, 0.25) is 0 Å². The van der Waals surface area contributed by atoms with Crippen LogP contribution in [0.3, 0.4) is 0 Å². The largest absolute Gasteiger partial charge is 0.339 e. The van der Waals surface area contributed by atoms with Crippen molar-refractivity contribution in [2.75, 3.05) is 26.2 Å².